The highest BCUT2D eigenvalue weighted by atomic mass is 35.5. The molecule has 6 nitrogen and oxygen atoms in total. The van der Waals surface area contributed by atoms with Crippen molar-refractivity contribution in [1.29, 1.82) is 0 Å². The van der Waals surface area contributed by atoms with Crippen molar-refractivity contribution in [3.63, 3.8) is 0 Å². The molecule has 0 atom stereocenters. The van der Waals surface area contributed by atoms with Crippen molar-refractivity contribution in [3.8, 4) is 0 Å². The van der Waals surface area contributed by atoms with Gasteiger partial charge >= 0.3 is 6.03 Å². The van der Waals surface area contributed by atoms with Crippen LogP contribution in [0.15, 0.2) is 29.4 Å². The number of hydrogen-bond acceptors (Lipinski definition) is 4. The van der Waals surface area contributed by atoms with Gasteiger partial charge in [-0.25, -0.2) is 15.7 Å². The molecule has 0 heterocycles. The lowest BCUT2D eigenvalue weighted by Crippen LogP contribution is -2.29. The van der Waals surface area contributed by atoms with Crippen LogP contribution in [0, 0.1) is 0 Å². The minimum Gasteiger partial charge on any atom is -0.369 e. The van der Waals surface area contributed by atoms with Gasteiger partial charge in [0.15, 0.2) is 0 Å². The van der Waals surface area contributed by atoms with E-state index in [0.717, 1.165) is 24.3 Å². The fourth-order valence-corrected chi connectivity index (χ4v) is 1.94. The van der Waals surface area contributed by atoms with Gasteiger partial charge in [0, 0.05) is 30.5 Å². The number of carbonyl (C=O) groups excluding carboxylic acids is 1. The summed E-state index contributed by atoms with van der Waals surface area (Å²) in [4.78, 5) is 12.8. The number of nitrogens with zero attached hydrogens (tertiary/aromatic N) is 2. The van der Waals surface area contributed by atoms with Gasteiger partial charge in [0.2, 0.25) is 0 Å². The molecule has 0 aliphatic heterocycles. The molecule has 8 heteroatoms. The summed E-state index contributed by atoms with van der Waals surface area (Å²) >= 11 is 11.5. The molecule has 0 aliphatic carbocycles. The topological polar surface area (TPSA) is 77.0 Å². The number of carbonyl (C=O) groups is 1. The van der Waals surface area contributed by atoms with E-state index in [1.807, 2.05) is 24.3 Å². The number of alkyl halides is 2. The molecule has 1 aromatic rings. The smallest absolute Gasteiger partial charge is 0.358 e. The maximum absolute atomic E-state index is 10.7. The molecule has 0 spiro atoms. The van der Waals surface area contributed by atoms with Crippen molar-refractivity contribution >= 4 is 41.1 Å². The molecule has 0 saturated heterocycles. The molecular weight excluding hydrogens is 303 g/mol. The van der Waals surface area contributed by atoms with E-state index in [0.29, 0.717) is 11.8 Å². The average Bonchev–Trinajstić information content (AvgIpc) is 2.47. The van der Waals surface area contributed by atoms with E-state index in [4.69, 9.17) is 28.4 Å². The van der Waals surface area contributed by atoms with Gasteiger partial charge in [0.25, 0.3) is 0 Å². The van der Waals surface area contributed by atoms with Crippen LogP contribution in [0.5, 0.6) is 0 Å². The van der Waals surface area contributed by atoms with Gasteiger partial charge in [-0.1, -0.05) is 12.1 Å². The number of halogens is 2. The van der Waals surface area contributed by atoms with Gasteiger partial charge in [0.1, 0.15) is 0 Å². The molecule has 0 unspecified atom stereocenters. The zero-order valence-corrected chi connectivity index (χ0v) is 12.2. The summed E-state index contributed by atoms with van der Waals surface area (Å²) in [6.07, 6.45) is 1.46. The van der Waals surface area contributed by atoms with Gasteiger partial charge in [-0.15, -0.1) is 23.2 Å². The van der Waals surface area contributed by atoms with Crippen molar-refractivity contribution in [3.05, 3.63) is 29.8 Å². The number of amides is 2. The first-order valence-corrected chi connectivity index (χ1v) is 6.98. The molecule has 0 fully saturated rings. The van der Waals surface area contributed by atoms with Crippen molar-refractivity contribution < 1.29 is 10.0 Å². The quantitative estimate of drug-likeness (QED) is 0.311. The molecule has 0 saturated carbocycles. The fourth-order valence-electron chi connectivity index (χ4n) is 1.54. The van der Waals surface area contributed by atoms with Gasteiger partial charge in [0.05, 0.1) is 6.21 Å². The summed E-state index contributed by atoms with van der Waals surface area (Å²) in [7, 11) is 0. The number of urea groups is 1. The second-order valence-electron chi connectivity index (χ2n) is 3.77. The number of benzene rings is 1. The molecule has 0 bridgehead atoms. The summed E-state index contributed by atoms with van der Waals surface area (Å²) in [6.45, 7) is 1.44. The molecule has 110 valence electrons. The van der Waals surface area contributed by atoms with E-state index in [-0.39, 0.29) is 0 Å². The number of hydrazone groups is 1. The van der Waals surface area contributed by atoms with Crippen LogP contribution >= 0.6 is 23.2 Å². The third-order valence-electron chi connectivity index (χ3n) is 2.45. The molecule has 20 heavy (non-hydrogen) atoms. The third kappa shape index (κ3) is 5.64. The lowest BCUT2D eigenvalue weighted by Gasteiger charge is -2.22. The molecule has 1 rings (SSSR count). The van der Waals surface area contributed by atoms with Crippen LogP contribution in [0.25, 0.3) is 0 Å². The predicted octanol–water partition coefficient (Wildman–Crippen LogP) is 1.99. The number of rotatable bonds is 7. The van der Waals surface area contributed by atoms with E-state index < -0.39 is 6.03 Å². The highest BCUT2D eigenvalue weighted by molar-refractivity contribution is 6.18. The summed E-state index contributed by atoms with van der Waals surface area (Å²) in [6, 6.07) is 6.76. The second kappa shape index (κ2) is 9.41. The third-order valence-corrected chi connectivity index (χ3v) is 2.79. The van der Waals surface area contributed by atoms with Crippen molar-refractivity contribution in [1.82, 2.24) is 10.9 Å². The molecule has 0 aliphatic rings. The summed E-state index contributed by atoms with van der Waals surface area (Å²) in [5.74, 6) is 1.06. The maximum atomic E-state index is 10.7. The summed E-state index contributed by atoms with van der Waals surface area (Å²) in [5, 5.41) is 11.9. The number of hydrogen-bond donors (Lipinski definition) is 3. The van der Waals surface area contributed by atoms with Gasteiger partial charge in [-0.05, 0) is 17.7 Å². The number of nitrogens with one attached hydrogen (secondary N) is 2. The second-order valence-corrected chi connectivity index (χ2v) is 4.52. The van der Waals surface area contributed by atoms with Gasteiger partial charge in [-0.3, -0.25) is 5.21 Å². The fraction of sp³-hybridized carbons (Fsp3) is 0.333. The summed E-state index contributed by atoms with van der Waals surface area (Å²) in [5.41, 5.74) is 5.32. The van der Waals surface area contributed by atoms with Crippen LogP contribution in [0.3, 0.4) is 0 Å². The monoisotopic (exact) mass is 318 g/mol. The van der Waals surface area contributed by atoms with E-state index in [9.17, 15) is 4.79 Å². The van der Waals surface area contributed by atoms with Gasteiger partial charge in [-0.2, -0.15) is 5.10 Å². The first kappa shape index (κ1) is 16.6. The lowest BCUT2D eigenvalue weighted by atomic mass is 10.2. The normalized spacial score (nSPS) is 10.6. The van der Waals surface area contributed by atoms with Crippen LogP contribution in [0.4, 0.5) is 10.5 Å². The van der Waals surface area contributed by atoms with Crippen molar-refractivity contribution in [2.75, 3.05) is 29.7 Å². The molecular formula is C12H16Cl2N4O2. The Labute approximate surface area is 127 Å². The van der Waals surface area contributed by atoms with Gasteiger partial charge < -0.3 is 4.90 Å². The SMILES string of the molecule is O=C(NO)N/N=C/c1ccc(N(CCCl)CCCl)cc1. The standard InChI is InChI=1S/C12H16Cl2N4O2/c13-5-7-18(8-6-14)11-3-1-10(2-4-11)9-15-16-12(19)17-20/h1-4,9,20H,5-8H2,(H2,16,17,19)/b15-9+. The average molecular weight is 319 g/mol. The Balaban J connectivity index is 2.64. The highest BCUT2D eigenvalue weighted by Gasteiger charge is 2.04. The zero-order chi connectivity index (χ0) is 14.8. The molecule has 3 N–H and O–H groups in total. The zero-order valence-electron chi connectivity index (χ0n) is 10.7. The van der Waals surface area contributed by atoms with E-state index >= 15 is 0 Å². The minimum atomic E-state index is -0.798. The Morgan fingerprint density at radius 3 is 2.35 bits per heavy atom. The lowest BCUT2D eigenvalue weighted by molar-refractivity contribution is 0.162. The van der Waals surface area contributed by atoms with E-state index in [1.165, 1.54) is 11.7 Å². The largest absolute Gasteiger partial charge is 0.369 e. The summed E-state index contributed by atoms with van der Waals surface area (Å²) < 4.78 is 0. The van der Waals surface area contributed by atoms with Crippen molar-refractivity contribution in [2.45, 2.75) is 0 Å². The first-order chi connectivity index (χ1) is 9.71. The van der Waals surface area contributed by atoms with Crippen LogP contribution in [-0.4, -0.2) is 42.3 Å². The Bertz CT molecular complexity index is 434. The maximum Gasteiger partial charge on any atom is 0.358 e. The predicted molar refractivity (Wildman–Crippen MR) is 81.1 cm³/mol. The Morgan fingerprint density at radius 1 is 1.25 bits per heavy atom. The van der Waals surface area contributed by atoms with Crippen molar-refractivity contribution in [2.24, 2.45) is 5.10 Å². The van der Waals surface area contributed by atoms with Crippen LogP contribution in [-0.2, 0) is 0 Å². The van der Waals surface area contributed by atoms with E-state index in [2.05, 4.69) is 15.4 Å². The first-order valence-electron chi connectivity index (χ1n) is 5.91. The highest BCUT2D eigenvalue weighted by Crippen LogP contribution is 2.14. The molecule has 0 radical (unpaired) electrons. The number of anilines is 1. The van der Waals surface area contributed by atoms with Crippen LogP contribution in [0.1, 0.15) is 5.56 Å². The van der Waals surface area contributed by atoms with E-state index in [1.54, 1.807) is 0 Å². The Hall–Kier alpha value is -1.50. The van der Waals surface area contributed by atoms with Crippen LogP contribution in [0.2, 0.25) is 0 Å². The molecule has 1 aromatic carbocycles. The molecule has 2 amide bonds. The molecule has 0 aromatic heterocycles. The Kier molecular flexibility index (Phi) is 7.79. The Morgan fingerprint density at radius 2 is 1.85 bits per heavy atom. The number of hydroxylamine groups is 1. The minimum absolute atomic E-state index is 0.528. The van der Waals surface area contributed by atoms with Crippen LogP contribution < -0.4 is 15.8 Å².